The summed E-state index contributed by atoms with van der Waals surface area (Å²) in [5.41, 5.74) is 5.36. The van der Waals surface area contributed by atoms with Crippen molar-refractivity contribution >= 4 is 5.69 Å². The minimum atomic E-state index is -0.654. The zero-order valence-electron chi connectivity index (χ0n) is 9.62. The van der Waals surface area contributed by atoms with Gasteiger partial charge in [0.25, 0.3) is 0 Å². The van der Waals surface area contributed by atoms with Crippen LogP contribution in [-0.4, -0.2) is 6.10 Å². The molecule has 1 atom stereocenters. The minimum absolute atomic E-state index is 0.274. The average molecular weight is 222 g/mol. The molecule has 0 saturated carbocycles. The lowest BCUT2D eigenvalue weighted by molar-refractivity contribution is 0.130. The van der Waals surface area contributed by atoms with Crippen LogP contribution in [0.5, 0.6) is 5.75 Å². The van der Waals surface area contributed by atoms with Crippen LogP contribution in [-0.2, 0) is 0 Å². The third kappa shape index (κ3) is 2.63. The molecule has 2 N–H and O–H groups in total. The molecular formula is C12H15FN2O. The van der Waals surface area contributed by atoms with Gasteiger partial charge < -0.3 is 10.5 Å². The van der Waals surface area contributed by atoms with Crippen LogP contribution < -0.4 is 10.5 Å². The van der Waals surface area contributed by atoms with Crippen LogP contribution in [0.25, 0.3) is 0 Å². The maximum Gasteiger partial charge on any atom is 0.145 e. The van der Waals surface area contributed by atoms with Crippen molar-refractivity contribution in [2.24, 2.45) is 5.41 Å². The highest BCUT2D eigenvalue weighted by molar-refractivity contribution is 5.52. The molecule has 0 heterocycles. The van der Waals surface area contributed by atoms with Gasteiger partial charge in [-0.3, -0.25) is 0 Å². The first-order valence-electron chi connectivity index (χ1n) is 5.00. The highest BCUT2D eigenvalue weighted by Crippen LogP contribution is 2.28. The molecule has 0 aliphatic heterocycles. The Labute approximate surface area is 94.6 Å². The van der Waals surface area contributed by atoms with E-state index in [0.717, 1.165) is 0 Å². The predicted molar refractivity (Wildman–Crippen MR) is 60.3 cm³/mol. The summed E-state index contributed by atoms with van der Waals surface area (Å²) in [6.45, 7) is 5.27. The van der Waals surface area contributed by atoms with Gasteiger partial charge in [-0.15, -0.1) is 0 Å². The predicted octanol–water partition coefficient (Wildman–Crippen LogP) is 2.72. The molecule has 0 bridgehead atoms. The Kier molecular flexibility index (Phi) is 3.38. The van der Waals surface area contributed by atoms with Crippen LogP contribution in [0.3, 0.4) is 0 Å². The second-order valence-electron chi connectivity index (χ2n) is 4.28. The van der Waals surface area contributed by atoms with E-state index in [2.05, 4.69) is 6.07 Å². The van der Waals surface area contributed by atoms with E-state index in [4.69, 9.17) is 15.7 Å². The number of benzene rings is 1. The number of rotatable bonds is 3. The van der Waals surface area contributed by atoms with Gasteiger partial charge in [-0.05, 0) is 32.9 Å². The summed E-state index contributed by atoms with van der Waals surface area (Å²) in [6.07, 6.45) is -0.374. The van der Waals surface area contributed by atoms with Gasteiger partial charge >= 0.3 is 0 Å². The van der Waals surface area contributed by atoms with Crippen molar-refractivity contribution in [1.82, 2.24) is 0 Å². The number of hydrogen-bond donors (Lipinski definition) is 1. The molecule has 1 unspecified atom stereocenters. The number of halogens is 1. The SMILES string of the molecule is CC(Oc1cc(F)ccc1N)C(C)(C)C#N. The molecular weight excluding hydrogens is 207 g/mol. The third-order valence-corrected chi connectivity index (χ3v) is 2.58. The molecule has 0 aliphatic rings. The van der Waals surface area contributed by atoms with Gasteiger partial charge in [0.1, 0.15) is 17.7 Å². The van der Waals surface area contributed by atoms with E-state index < -0.39 is 11.2 Å². The molecule has 0 amide bonds. The fraction of sp³-hybridized carbons (Fsp3) is 0.417. The fourth-order valence-corrected chi connectivity index (χ4v) is 1.04. The number of nitriles is 1. The van der Waals surface area contributed by atoms with Crippen molar-refractivity contribution in [3.8, 4) is 11.8 Å². The molecule has 0 aromatic heterocycles. The maximum absolute atomic E-state index is 13.0. The minimum Gasteiger partial charge on any atom is -0.487 e. The summed E-state index contributed by atoms with van der Waals surface area (Å²) in [5.74, 6) is -0.137. The highest BCUT2D eigenvalue weighted by atomic mass is 19.1. The van der Waals surface area contributed by atoms with Crippen molar-refractivity contribution in [3.63, 3.8) is 0 Å². The van der Waals surface area contributed by atoms with Crippen molar-refractivity contribution in [2.45, 2.75) is 26.9 Å². The molecule has 3 nitrogen and oxygen atoms in total. The lowest BCUT2D eigenvalue weighted by Crippen LogP contribution is -2.30. The van der Waals surface area contributed by atoms with Crippen LogP contribution in [0.2, 0.25) is 0 Å². The van der Waals surface area contributed by atoms with Crippen LogP contribution in [0.1, 0.15) is 20.8 Å². The monoisotopic (exact) mass is 222 g/mol. The average Bonchev–Trinajstić information content (AvgIpc) is 2.23. The van der Waals surface area contributed by atoms with E-state index in [1.807, 2.05) is 0 Å². The van der Waals surface area contributed by atoms with Crippen molar-refractivity contribution in [1.29, 1.82) is 5.26 Å². The number of ether oxygens (including phenoxy) is 1. The molecule has 1 aromatic carbocycles. The number of anilines is 1. The molecule has 0 saturated heterocycles. The van der Waals surface area contributed by atoms with E-state index in [0.29, 0.717) is 5.69 Å². The first kappa shape index (κ1) is 12.3. The van der Waals surface area contributed by atoms with Crippen molar-refractivity contribution in [3.05, 3.63) is 24.0 Å². The van der Waals surface area contributed by atoms with Gasteiger partial charge in [-0.25, -0.2) is 4.39 Å². The summed E-state index contributed by atoms with van der Waals surface area (Å²) in [5, 5.41) is 8.93. The summed E-state index contributed by atoms with van der Waals surface area (Å²) < 4.78 is 18.5. The molecule has 1 rings (SSSR count). The van der Waals surface area contributed by atoms with E-state index in [-0.39, 0.29) is 11.9 Å². The lowest BCUT2D eigenvalue weighted by Gasteiger charge is -2.25. The number of hydrogen-bond acceptors (Lipinski definition) is 3. The summed E-state index contributed by atoms with van der Waals surface area (Å²) in [7, 11) is 0. The van der Waals surface area contributed by atoms with Crippen molar-refractivity contribution in [2.75, 3.05) is 5.73 Å². The van der Waals surface area contributed by atoms with Gasteiger partial charge in [0.05, 0.1) is 17.2 Å². The van der Waals surface area contributed by atoms with Crippen LogP contribution >= 0.6 is 0 Å². The summed E-state index contributed by atoms with van der Waals surface area (Å²) >= 11 is 0. The Morgan fingerprint density at radius 1 is 1.50 bits per heavy atom. The van der Waals surface area contributed by atoms with Gasteiger partial charge in [0.2, 0.25) is 0 Å². The van der Waals surface area contributed by atoms with E-state index in [9.17, 15) is 4.39 Å². The van der Waals surface area contributed by atoms with Crippen LogP contribution in [0, 0.1) is 22.6 Å². The highest BCUT2D eigenvalue weighted by Gasteiger charge is 2.27. The molecule has 4 heteroatoms. The molecule has 0 spiro atoms. The van der Waals surface area contributed by atoms with Crippen LogP contribution in [0.15, 0.2) is 18.2 Å². The molecule has 86 valence electrons. The number of nitrogens with two attached hydrogens (primary N) is 1. The number of nitrogen functional groups attached to an aromatic ring is 1. The Hall–Kier alpha value is -1.76. The summed E-state index contributed by atoms with van der Waals surface area (Å²) in [4.78, 5) is 0. The second-order valence-corrected chi connectivity index (χ2v) is 4.28. The van der Waals surface area contributed by atoms with Gasteiger partial charge in [0, 0.05) is 6.07 Å². The zero-order chi connectivity index (χ0) is 12.3. The zero-order valence-corrected chi connectivity index (χ0v) is 9.62. The van der Waals surface area contributed by atoms with Gasteiger partial charge in [-0.2, -0.15) is 5.26 Å². The topological polar surface area (TPSA) is 59.0 Å². The standard InChI is InChI=1S/C12H15FN2O/c1-8(12(2,3)7-14)16-11-6-9(13)4-5-10(11)15/h4-6,8H,15H2,1-3H3. The van der Waals surface area contributed by atoms with E-state index in [1.165, 1.54) is 18.2 Å². The first-order chi connectivity index (χ1) is 7.36. The van der Waals surface area contributed by atoms with E-state index in [1.54, 1.807) is 20.8 Å². The third-order valence-electron chi connectivity index (χ3n) is 2.58. The second kappa shape index (κ2) is 4.40. The van der Waals surface area contributed by atoms with E-state index >= 15 is 0 Å². The summed E-state index contributed by atoms with van der Waals surface area (Å²) in [6, 6.07) is 6.06. The molecule has 16 heavy (non-hydrogen) atoms. The molecule has 1 aromatic rings. The largest absolute Gasteiger partial charge is 0.487 e. The smallest absolute Gasteiger partial charge is 0.145 e. The Morgan fingerprint density at radius 2 is 2.12 bits per heavy atom. The Morgan fingerprint density at radius 3 is 2.69 bits per heavy atom. The number of nitrogens with zero attached hydrogens (tertiary/aromatic N) is 1. The Bertz CT molecular complexity index is 424. The van der Waals surface area contributed by atoms with Crippen LogP contribution in [0.4, 0.5) is 10.1 Å². The van der Waals surface area contributed by atoms with Gasteiger partial charge in [0.15, 0.2) is 0 Å². The molecule has 0 aliphatic carbocycles. The van der Waals surface area contributed by atoms with Gasteiger partial charge in [-0.1, -0.05) is 0 Å². The van der Waals surface area contributed by atoms with Crippen molar-refractivity contribution < 1.29 is 9.13 Å². The maximum atomic E-state index is 13.0. The Balaban J connectivity index is 2.89. The fourth-order valence-electron chi connectivity index (χ4n) is 1.04. The normalized spacial score (nSPS) is 12.9. The quantitative estimate of drug-likeness (QED) is 0.800. The molecule has 0 fully saturated rings. The molecule has 0 radical (unpaired) electrons. The first-order valence-corrected chi connectivity index (χ1v) is 5.00. The lowest BCUT2D eigenvalue weighted by atomic mass is 9.89.